The van der Waals surface area contributed by atoms with Crippen LogP contribution in [0.4, 0.5) is 10.1 Å². The molecule has 33 heavy (non-hydrogen) atoms. The van der Waals surface area contributed by atoms with Crippen molar-refractivity contribution in [3.8, 4) is 0 Å². The van der Waals surface area contributed by atoms with Crippen molar-refractivity contribution in [3.05, 3.63) is 64.9 Å². The van der Waals surface area contributed by atoms with Crippen LogP contribution in [-0.4, -0.2) is 49.5 Å². The minimum atomic E-state index is -3.90. The minimum Gasteiger partial charge on any atom is -0.350 e. The first kappa shape index (κ1) is 26.6. The summed E-state index contributed by atoms with van der Waals surface area (Å²) in [6, 6.07) is 11.1. The first-order chi connectivity index (χ1) is 15.2. The van der Waals surface area contributed by atoms with E-state index in [1.807, 2.05) is 0 Å². The average Bonchev–Trinajstić information content (AvgIpc) is 2.69. The van der Waals surface area contributed by atoms with Gasteiger partial charge in [-0.2, -0.15) is 0 Å². The van der Waals surface area contributed by atoms with Crippen LogP contribution in [0, 0.1) is 5.82 Å². The number of carbonyl (C=O) groups is 2. The number of para-hydroxylation sites is 1. The van der Waals surface area contributed by atoms with E-state index in [0.29, 0.717) is 0 Å². The highest BCUT2D eigenvalue weighted by atomic mass is 35.5. The molecule has 2 rings (SSSR count). The van der Waals surface area contributed by atoms with Gasteiger partial charge in [-0.25, -0.2) is 12.8 Å². The highest BCUT2D eigenvalue weighted by molar-refractivity contribution is 7.92. The second kappa shape index (κ2) is 10.5. The Balaban J connectivity index is 2.43. The van der Waals surface area contributed by atoms with E-state index in [1.54, 1.807) is 39.0 Å². The van der Waals surface area contributed by atoms with Gasteiger partial charge in [0.05, 0.1) is 17.0 Å². The molecule has 0 saturated carbocycles. The third kappa shape index (κ3) is 7.43. The quantitative estimate of drug-likeness (QED) is 0.604. The summed E-state index contributed by atoms with van der Waals surface area (Å²) >= 11 is 6.18. The summed E-state index contributed by atoms with van der Waals surface area (Å²) in [6.07, 6.45) is 0.959. The first-order valence-electron chi connectivity index (χ1n) is 10.3. The molecule has 0 aliphatic rings. The molecule has 180 valence electrons. The third-order valence-corrected chi connectivity index (χ3v) is 6.21. The molecule has 1 unspecified atom stereocenters. The Labute approximate surface area is 199 Å². The highest BCUT2D eigenvalue weighted by Gasteiger charge is 2.32. The molecule has 0 aliphatic carbocycles. The second-order valence-electron chi connectivity index (χ2n) is 8.75. The number of carbonyl (C=O) groups excluding carboxylic acids is 2. The number of amides is 2. The lowest BCUT2D eigenvalue weighted by Gasteiger charge is -2.33. The summed E-state index contributed by atoms with van der Waals surface area (Å²) in [5.74, 6) is -1.67. The molecule has 0 fully saturated rings. The molecule has 0 aromatic heterocycles. The molecule has 0 radical (unpaired) electrons. The van der Waals surface area contributed by atoms with Gasteiger partial charge < -0.3 is 10.2 Å². The number of sulfonamides is 1. The molecule has 7 nitrogen and oxygen atoms in total. The van der Waals surface area contributed by atoms with E-state index in [9.17, 15) is 22.4 Å². The van der Waals surface area contributed by atoms with Crippen molar-refractivity contribution in [2.24, 2.45) is 0 Å². The number of anilines is 1. The van der Waals surface area contributed by atoms with Crippen LogP contribution in [0.25, 0.3) is 0 Å². The summed E-state index contributed by atoms with van der Waals surface area (Å²) < 4.78 is 40.2. The van der Waals surface area contributed by atoms with Crippen LogP contribution in [0.5, 0.6) is 0 Å². The van der Waals surface area contributed by atoms with E-state index in [-0.39, 0.29) is 22.8 Å². The van der Waals surface area contributed by atoms with Crippen molar-refractivity contribution >= 4 is 39.1 Å². The van der Waals surface area contributed by atoms with Crippen LogP contribution < -0.4 is 9.62 Å². The molecule has 2 aromatic rings. The van der Waals surface area contributed by atoms with Crippen LogP contribution in [0.1, 0.15) is 33.3 Å². The van der Waals surface area contributed by atoms with Crippen LogP contribution in [0.15, 0.2) is 48.5 Å². The minimum absolute atomic E-state index is 0.132. The fraction of sp³-hybridized carbons (Fsp3) is 0.391. The van der Waals surface area contributed by atoms with Crippen molar-refractivity contribution in [1.29, 1.82) is 0 Å². The van der Waals surface area contributed by atoms with Crippen molar-refractivity contribution < 1.29 is 22.4 Å². The molecule has 0 heterocycles. The molecule has 10 heteroatoms. The maximum absolute atomic E-state index is 14.4. The lowest BCUT2D eigenvalue weighted by Crippen LogP contribution is -2.54. The highest BCUT2D eigenvalue weighted by Crippen LogP contribution is 2.27. The Bertz CT molecular complexity index is 1120. The van der Waals surface area contributed by atoms with Gasteiger partial charge in [0, 0.05) is 17.6 Å². The zero-order valence-corrected chi connectivity index (χ0v) is 20.9. The molecule has 0 aliphatic heterocycles. The van der Waals surface area contributed by atoms with Gasteiger partial charge in [-0.05, 0) is 45.9 Å². The van der Waals surface area contributed by atoms with E-state index in [4.69, 9.17) is 11.6 Å². The molecule has 1 atom stereocenters. The number of halogens is 2. The molecule has 2 amide bonds. The van der Waals surface area contributed by atoms with E-state index in [0.717, 1.165) is 15.5 Å². The number of benzene rings is 2. The van der Waals surface area contributed by atoms with Crippen LogP contribution in [-0.2, 0) is 26.2 Å². The number of hydrogen-bond acceptors (Lipinski definition) is 4. The Hall–Kier alpha value is -2.65. The Kier molecular flexibility index (Phi) is 8.48. The van der Waals surface area contributed by atoms with Gasteiger partial charge in [0.1, 0.15) is 18.4 Å². The zero-order valence-electron chi connectivity index (χ0n) is 19.3. The predicted molar refractivity (Wildman–Crippen MR) is 128 cm³/mol. The lowest BCUT2D eigenvalue weighted by molar-refractivity contribution is -0.140. The van der Waals surface area contributed by atoms with Gasteiger partial charge in [-0.15, -0.1) is 0 Å². The summed E-state index contributed by atoms with van der Waals surface area (Å²) in [6.45, 7) is 6.07. The maximum atomic E-state index is 14.4. The summed E-state index contributed by atoms with van der Waals surface area (Å²) in [4.78, 5) is 27.4. The average molecular weight is 498 g/mol. The fourth-order valence-corrected chi connectivity index (χ4v) is 4.26. The van der Waals surface area contributed by atoms with Crippen LogP contribution in [0.3, 0.4) is 0 Å². The SMILES string of the molecule is CC(C(=O)NC(C)(C)C)N(Cc1ccccc1F)C(=O)CN(c1ccccc1Cl)S(C)(=O)=O. The lowest BCUT2D eigenvalue weighted by atomic mass is 10.1. The van der Waals surface area contributed by atoms with E-state index in [2.05, 4.69) is 5.32 Å². The number of nitrogens with zero attached hydrogens (tertiary/aromatic N) is 2. The van der Waals surface area contributed by atoms with Gasteiger partial charge in [-0.1, -0.05) is 41.9 Å². The standard InChI is InChI=1S/C23H29ClFN3O4S/c1-16(22(30)26-23(2,3)4)27(14-17-10-6-8-12-19(17)25)21(29)15-28(33(5,31)32)20-13-9-7-11-18(20)24/h6-13,16H,14-15H2,1-5H3,(H,26,30). The Morgan fingerprint density at radius 3 is 2.21 bits per heavy atom. The summed E-state index contributed by atoms with van der Waals surface area (Å²) in [5.41, 5.74) is -0.230. The molecular weight excluding hydrogens is 469 g/mol. The maximum Gasteiger partial charge on any atom is 0.244 e. The smallest absolute Gasteiger partial charge is 0.244 e. The largest absolute Gasteiger partial charge is 0.350 e. The molecular formula is C23H29ClFN3O4S. The van der Waals surface area contributed by atoms with Gasteiger partial charge >= 0.3 is 0 Å². The monoisotopic (exact) mass is 497 g/mol. The van der Waals surface area contributed by atoms with Crippen molar-refractivity contribution in [1.82, 2.24) is 10.2 Å². The molecule has 0 spiro atoms. The Morgan fingerprint density at radius 2 is 1.67 bits per heavy atom. The molecule has 0 bridgehead atoms. The van der Waals surface area contributed by atoms with E-state index in [1.165, 1.54) is 37.3 Å². The van der Waals surface area contributed by atoms with Gasteiger partial charge in [-0.3, -0.25) is 13.9 Å². The first-order valence-corrected chi connectivity index (χ1v) is 12.5. The fourth-order valence-electron chi connectivity index (χ4n) is 3.12. The Morgan fingerprint density at radius 1 is 1.09 bits per heavy atom. The summed E-state index contributed by atoms with van der Waals surface area (Å²) in [7, 11) is -3.90. The van der Waals surface area contributed by atoms with E-state index < -0.39 is 45.8 Å². The normalized spacial score (nSPS) is 12.7. The van der Waals surface area contributed by atoms with Crippen molar-refractivity contribution in [3.63, 3.8) is 0 Å². The number of nitrogens with one attached hydrogen (secondary N) is 1. The summed E-state index contributed by atoms with van der Waals surface area (Å²) in [5, 5.41) is 2.95. The third-order valence-electron chi connectivity index (χ3n) is 4.76. The molecule has 0 saturated heterocycles. The second-order valence-corrected chi connectivity index (χ2v) is 11.1. The van der Waals surface area contributed by atoms with Crippen LogP contribution in [0.2, 0.25) is 5.02 Å². The van der Waals surface area contributed by atoms with Crippen molar-refractivity contribution in [2.75, 3.05) is 17.1 Å². The van der Waals surface area contributed by atoms with Gasteiger partial charge in [0.2, 0.25) is 21.8 Å². The van der Waals surface area contributed by atoms with E-state index >= 15 is 0 Å². The van der Waals surface area contributed by atoms with Gasteiger partial charge in [0.25, 0.3) is 0 Å². The van der Waals surface area contributed by atoms with Crippen LogP contribution >= 0.6 is 11.6 Å². The van der Waals surface area contributed by atoms with Gasteiger partial charge in [0.15, 0.2) is 0 Å². The molecule has 1 N–H and O–H groups in total. The predicted octanol–water partition coefficient (Wildman–Crippen LogP) is 3.58. The molecule has 2 aromatic carbocycles. The number of rotatable bonds is 8. The zero-order chi connectivity index (χ0) is 25.0. The van der Waals surface area contributed by atoms with Crippen molar-refractivity contribution in [2.45, 2.75) is 45.8 Å². The number of hydrogen-bond donors (Lipinski definition) is 1. The topological polar surface area (TPSA) is 86.8 Å².